The summed E-state index contributed by atoms with van der Waals surface area (Å²) in [6, 6.07) is 9.88. The molecule has 1 heteroatoms. The van der Waals surface area contributed by atoms with Crippen LogP contribution in [0.15, 0.2) is 24.3 Å². The maximum atomic E-state index is 2.51. The summed E-state index contributed by atoms with van der Waals surface area (Å²) in [6.45, 7) is 9.17. The van der Waals surface area contributed by atoms with Crippen molar-refractivity contribution >= 4 is 31.5 Å². The highest BCUT2D eigenvalue weighted by Crippen LogP contribution is 2.37. The van der Waals surface area contributed by atoms with Crippen LogP contribution in [0.4, 0.5) is 0 Å². The lowest BCUT2D eigenvalue weighted by Gasteiger charge is -2.08. The molecule has 0 spiro atoms. The Morgan fingerprint density at radius 3 is 1.44 bits per heavy atom. The van der Waals surface area contributed by atoms with Gasteiger partial charge < -0.3 is 0 Å². The van der Waals surface area contributed by atoms with Crippen molar-refractivity contribution in [1.29, 1.82) is 0 Å². The number of hydrogen-bond acceptors (Lipinski definition) is 1. The highest BCUT2D eigenvalue weighted by atomic mass is 32.1. The van der Waals surface area contributed by atoms with Crippen molar-refractivity contribution in [3.8, 4) is 0 Å². The van der Waals surface area contributed by atoms with Crippen molar-refractivity contribution in [2.45, 2.75) is 91.9 Å². The fourth-order valence-corrected chi connectivity index (χ4v) is 5.45. The van der Waals surface area contributed by atoms with Gasteiger partial charge >= 0.3 is 0 Å². The van der Waals surface area contributed by atoms with Gasteiger partial charge in [0.15, 0.2) is 0 Å². The first-order valence-corrected chi connectivity index (χ1v) is 11.9. The summed E-state index contributed by atoms with van der Waals surface area (Å²) in [5, 5.41) is 2.97. The topological polar surface area (TPSA) is 0 Å². The Bertz CT molecular complexity index is 812. The molecule has 3 aromatic rings. The zero-order valence-electron chi connectivity index (χ0n) is 17.8. The molecule has 0 aliphatic heterocycles. The van der Waals surface area contributed by atoms with Gasteiger partial charge in [-0.15, -0.1) is 11.3 Å². The summed E-state index contributed by atoms with van der Waals surface area (Å²) >= 11 is 1.97. The van der Waals surface area contributed by atoms with Crippen LogP contribution in [0.25, 0.3) is 20.2 Å². The van der Waals surface area contributed by atoms with Crippen molar-refractivity contribution in [2.24, 2.45) is 0 Å². The zero-order valence-corrected chi connectivity index (χ0v) is 18.6. The minimum Gasteiger partial charge on any atom is -0.135 e. The van der Waals surface area contributed by atoms with Crippen LogP contribution >= 0.6 is 11.3 Å². The molecule has 146 valence electrons. The quantitative estimate of drug-likeness (QED) is 0.308. The zero-order chi connectivity index (χ0) is 19.2. The number of benzene rings is 2. The SMILES string of the molecule is CCCCCCc1cc2c(cc1C)sc1cc(C)c(CCCCCC)cc12. The molecule has 0 saturated carbocycles. The number of rotatable bonds is 10. The molecule has 0 aliphatic rings. The van der Waals surface area contributed by atoms with Gasteiger partial charge in [-0.25, -0.2) is 0 Å². The van der Waals surface area contributed by atoms with Crippen LogP contribution in [0.2, 0.25) is 0 Å². The van der Waals surface area contributed by atoms with E-state index in [9.17, 15) is 0 Å². The third kappa shape index (κ3) is 4.93. The third-order valence-corrected chi connectivity index (χ3v) is 7.10. The second-order valence-electron chi connectivity index (χ2n) is 8.27. The highest BCUT2D eigenvalue weighted by molar-refractivity contribution is 7.25. The Labute approximate surface area is 170 Å². The van der Waals surface area contributed by atoms with Crippen LogP contribution in [-0.4, -0.2) is 0 Å². The normalized spacial score (nSPS) is 11.7. The summed E-state index contributed by atoms with van der Waals surface area (Å²) in [7, 11) is 0. The Morgan fingerprint density at radius 2 is 1.04 bits per heavy atom. The molecular formula is C26H36S. The molecule has 1 aromatic heterocycles. The molecule has 2 aromatic carbocycles. The number of fused-ring (bicyclic) bond motifs is 3. The van der Waals surface area contributed by atoms with E-state index in [1.54, 1.807) is 11.1 Å². The van der Waals surface area contributed by atoms with E-state index in [1.165, 1.54) is 95.5 Å². The lowest BCUT2D eigenvalue weighted by molar-refractivity contribution is 0.666. The number of unbranched alkanes of at least 4 members (excludes halogenated alkanes) is 6. The largest absolute Gasteiger partial charge is 0.135 e. The van der Waals surface area contributed by atoms with Gasteiger partial charge in [0.2, 0.25) is 0 Å². The Morgan fingerprint density at radius 1 is 0.593 bits per heavy atom. The van der Waals surface area contributed by atoms with Crippen LogP contribution in [0, 0.1) is 13.8 Å². The summed E-state index contributed by atoms with van der Waals surface area (Å²) in [4.78, 5) is 0. The number of aryl methyl sites for hydroxylation is 4. The molecule has 0 fully saturated rings. The molecule has 3 rings (SSSR count). The molecule has 0 nitrogen and oxygen atoms in total. The van der Waals surface area contributed by atoms with Gasteiger partial charge in [-0.2, -0.15) is 0 Å². The molecule has 0 amide bonds. The molecule has 0 atom stereocenters. The lowest BCUT2D eigenvalue weighted by Crippen LogP contribution is -1.91. The monoisotopic (exact) mass is 380 g/mol. The van der Waals surface area contributed by atoms with Crippen LogP contribution in [0.1, 0.15) is 87.5 Å². The van der Waals surface area contributed by atoms with Crippen LogP contribution in [-0.2, 0) is 12.8 Å². The highest BCUT2D eigenvalue weighted by Gasteiger charge is 2.11. The van der Waals surface area contributed by atoms with Crippen molar-refractivity contribution in [1.82, 2.24) is 0 Å². The summed E-state index contributed by atoms with van der Waals surface area (Å²) in [6.07, 6.45) is 13.2. The maximum Gasteiger partial charge on any atom is 0.0358 e. The predicted molar refractivity (Wildman–Crippen MR) is 124 cm³/mol. The second kappa shape index (κ2) is 9.73. The first kappa shape index (κ1) is 20.4. The molecule has 0 bridgehead atoms. The van der Waals surface area contributed by atoms with Gasteiger partial charge in [0.1, 0.15) is 0 Å². The minimum absolute atomic E-state index is 1.23. The van der Waals surface area contributed by atoms with Gasteiger partial charge in [0, 0.05) is 20.2 Å². The number of thiophene rings is 1. The Kier molecular flexibility index (Phi) is 7.35. The first-order chi connectivity index (χ1) is 13.1. The molecule has 27 heavy (non-hydrogen) atoms. The van der Waals surface area contributed by atoms with Gasteiger partial charge in [-0.3, -0.25) is 0 Å². The Hall–Kier alpha value is -1.34. The third-order valence-electron chi connectivity index (χ3n) is 5.99. The molecule has 0 saturated heterocycles. The fraction of sp³-hybridized carbons (Fsp3) is 0.538. The summed E-state index contributed by atoms with van der Waals surface area (Å²) < 4.78 is 2.92. The van der Waals surface area contributed by atoms with Crippen molar-refractivity contribution < 1.29 is 0 Å². The molecule has 0 unspecified atom stereocenters. The summed E-state index contributed by atoms with van der Waals surface area (Å²) in [5.74, 6) is 0. The van der Waals surface area contributed by atoms with E-state index < -0.39 is 0 Å². The van der Waals surface area contributed by atoms with Crippen molar-refractivity contribution in [3.05, 3.63) is 46.5 Å². The smallest absolute Gasteiger partial charge is 0.0358 e. The predicted octanol–water partition coefficient (Wildman–Crippen LogP) is 8.92. The van der Waals surface area contributed by atoms with Crippen molar-refractivity contribution in [3.63, 3.8) is 0 Å². The van der Waals surface area contributed by atoms with Gasteiger partial charge in [-0.05, 0) is 86.1 Å². The molecule has 0 N–H and O–H groups in total. The van der Waals surface area contributed by atoms with Crippen LogP contribution < -0.4 is 0 Å². The Balaban J connectivity index is 1.89. The number of hydrogen-bond donors (Lipinski definition) is 0. The fourth-order valence-electron chi connectivity index (χ4n) is 4.18. The summed E-state index contributed by atoms with van der Waals surface area (Å²) in [5.41, 5.74) is 6.07. The standard InChI is InChI=1S/C26H36S/c1-5-7-9-11-13-21-17-23-24-18-22(14-12-10-8-6-2)20(4)16-26(24)27-25(23)15-19(21)3/h15-18H,5-14H2,1-4H3. The van der Waals surface area contributed by atoms with E-state index >= 15 is 0 Å². The van der Waals surface area contributed by atoms with E-state index in [0.29, 0.717) is 0 Å². The molecule has 0 radical (unpaired) electrons. The van der Waals surface area contributed by atoms with E-state index in [2.05, 4.69) is 52.0 Å². The second-order valence-corrected chi connectivity index (χ2v) is 9.36. The van der Waals surface area contributed by atoms with E-state index in [4.69, 9.17) is 0 Å². The molecule has 1 heterocycles. The van der Waals surface area contributed by atoms with E-state index in [-0.39, 0.29) is 0 Å². The maximum absolute atomic E-state index is 2.51. The van der Waals surface area contributed by atoms with Crippen LogP contribution in [0.5, 0.6) is 0 Å². The average Bonchev–Trinajstić information content (AvgIpc) is 2.98. The van der Waals surface area contributed by atoms with Gasteiger partial charge in [0.05, 0.1) is 0 Å². The molecule has 0 aliphatic carbocycles. The van der Waals surface area contributed by atoms with Gasteiger partial charge in [0.25, 0.3) is 0 Å². The first-order valence-electron chi connectivity index (χ1n) is 11.1. The van der Waals surface area contributed by atoms with Crippen LogP contribution in [0.3, 0.4) is 0 Å². The van der Waals surface area contributed by atoms with Crippen molar-refractivity contribution in [2.75, 3.05) is 0 Å². The van der Waals surface area contributed by atoms with E-state index in [1.807, 2.05) is 11.3 Å². The van der Waals surface area contributed by atoms with E-state index in [0.717, 1.165) is 0 Å². The minimum atomic E-state index is 1.23. The van der Waals surface area contributed by atoms with Gasteiger partial charge in [-0.1, -0.05) is 52.4 Å². The lowest BCUT2D eigenvalue weighted by atomic mass is 9.96. The molecular weight excluding hydrogens is 344 g/mol. The average molecular weight is 381 g/mol.